The van der Waals surface area contributed by atoms with Crippen molar-refractivity contribution in [1.82, 2.24) is 5.32 Å². The Hall–Kier alpha value is -1.07. The van der Waals surface area contributed by atoms with E-state index in [2.05, 4.69) is 5.32 Å². The number of nitrogens with one attached hydrogen (secondary N) is 1. The van der Waals surface area contributed by atoms with E-state index in [9.17, 15) is 13.2 Å². The lowest BCUT2D eigenvalue weighted by Gasteiger charge is -2.13. The maximum atomic E-state index is 12.7. The van der Waals surface area contributed by atoms with Gasteiger partial charge in [0, 0.05) is 6.54 Å². The summed E-state index contributed by atoms with van der Waals surface area (Å²) in [5.74, 6) is -3.53. The first-order valence-corrected chi connectivity index (χ1v) is 4.47. The fraction of sp³-hybridized carbons (Fsp3) is 0.400. The van der Waals surface area contributed by atoms with Gasteiger partial charge in [0.05, 0.1) is 6.54 Å². The summed E-state index contributed by atoms with van der Waals surface area (Å²) < 4.78 is 37.8. The molecule has 1 aromatic carbocycles. The number of alkyl halides is 2. The lowest BCUT2D eigenvalue weighted by atomic mass is 10.2. The molecule has 0 atom stereocenters. The van der Waals surface area contributed by atoms with Gasteiger partial charge in [-0.15, -0.1) is 0 Å². The lowest BCUT2D eigenvalue weighted by molar-refractivity contribution is -0.0477. The summed E-state index contributed by atoms with van der Waals surface area (Å²) in [5.41, 5.74) is 0.587. The standard InChI is InChI=1S/C10H12F3NO/c11-9-3-1-2-8(4-9)5-14-6-10(12,13)7-15/h1-4,14-15H,5-7H2. The van der Waals surface area contributed by atoms with Crippen molar-refractivity contribution in [2.75, 3.05) is 13.2 Å². The molecule has 0 radical (unpaired) electrons. The third kappa shape index (κ3) is 4.31. The topological polar surface area (TPSA) is 32.3 Å². The molecule has 5 heteroatoms. The molecule has 0 amide bonds. The second-order valence-electron chi connectivity index (χ2n) is 3.25. The molecule has 0 saturated carbocycles. The van der Waals surface area contributed by atoms with Crippen molar-refractivity contribution in [3.05, 3.63) is 35.6 Å². The van der Waals surface area contributed by atoms with E-state index in [4.69, 9.17) is 5.11 Å². The average Bonchev–Trinajstić information content (AvgIpc) is 2.18. The Balaban J connectivity index is 2.38. The number of halogens is 3. The van der Waals surface area contributed by atoms with Crippen molar-refractivity contribution >= 4 is 0 Å². The predicted octanol–water partition coefficient (Wildman–Crippen LogP) is 1.54. The highest BCUT2D eigenvalue weighted by atomic mass is 19.3. The van der Waals surface area contributed by atoms with Crippen LogP contribution in [0.3, 0.4) is 0 Å². The summed E-state index contributed by atoms with van der Waals surface area (Å²) in [6, 6.07) is 5.69. The van der Waals surface area contributed by atoms with Crippen LogP contribution < -0.4 is 5.32 Å². The number of benzene rings is 1. The molecule has 1 aromatic rings. The predicted molar refractivity (Wildman–Crippen MR) is 50.1 cm³/mol. The SMILES string of the molecule is OCC(F)(F)CNCc1cccc(F)c1. The minimum absolute atomic E-state index is 0.146. The van der Waals surface area contributed by atoms with Gasteiger partial charge in [-0.25, -0.2) is 13.2 Å². The molecule has 84 valence electrons. The Morgan fingerprint density at radius 1 is 1.33 bits per heavy atom. The van der Waals surface area contributed by atoms with Crippen LogP contribution in [0.5, 0.6) is 0 Å². The smallest absolute Gasteiger partial charge is 0.282 e. The molecule has 0 aliphatic carbocycles. The van der Waals surface area contributed by atoms with Gasteiger partial charge in [0.2, 0.25) is 0 Å². The summed E-state index contributed by atoms with van der Waals surface area (Å²) in [5, 5.41) is 10.7. The number of aliphatic hydroxyl groups is 1. The highest BCUT2D eigenvalue weighted by Gasteiger charge is 2.26. The second-order valence-corrected chi connectivity index (χ2v) is 3.25. The summed E-state index contributed by atoms with van der Waals surface area (Å²) in [6.45, 7) is -1.67. The van der Waals surface area contributed by atoms with E-state index in [1.165, 1.54) is 18.2 Å². The van der Waals surface area contributed by atoms with Gasteiger partial charge < -0.3 is 10.4 Å². The second kappa shape index (κ2) is 5.14. The van der Waals surface area contributed by atoms with Crippen LogP contribution in [-0.2, 0) is 6.54 Å². The Labute approximate surface area is 85.7 Å². The van der Waals surface area contributed by atoms with E-state index in [0.29, 0.717) is 5.56 Å². The fourth-order valence-corrected chi connectivity index (χ4v) is 1.09. The molecule has 0 fully saturated rings. The van der Waals surface area contributed by atoms with Gasteiger partial charge >= 0.3 is 0 Å². The minimum atomic E-state index is -3.13. The fourth-order valence-electron chi connectivity index (χ4n) is 1.09. The number of hydrogen-bond acceptors (Lipinski definition) is 2. The molecule has 0 heterocycles. The molecular formula is C10H12F3NO. The van der Waals surface area contributed by atoms with Crippen LogP contribution in [0, 0.1) is 5.82 Å². The number of aliphatic hydroxyl groups excluding tert-OH is 1. The molecule has 0 aliphatic heterocycles. The molecule has 0 unspecified atom stereocenters. The third-order valence-corrected chi connectivity index (χ3v) is 1.83. The van der Waals surface area contributed by atoms with Crippen molar-refractivity contribution in [1.29, 1.82) is 0 Å². The van der Waals surface area contributed by atoms with Gasteiger partial charge in [-0.3, -0.25) is 0 Å². The molecule has 15 heavy (non-hydrogen) atoms. The summed E-state index contributed by atoms with van der Waals surface area (Å²) in [4.78, 5) is 0. The molecular weight excluding hydrogens is 207 g/mol. The highest BCUT2D eigenvalue weighted by molar-refractivity contribution is 5.15. The van der Waals surface area contributed by atoms with Crippen molar-refractivity contribution in [2.24, 2.45) is 0 Å². The van der Waals surface area contributed by atoms with Crippen LogP contribution in [0.1, 0.15) is 5.56 Å². The van der Waals surface area contributed by atoms with E-state index < -0.39 is 24.9 Å². The van der Waals surface area contributed by atoms with Crippen molar-refractivity contribution in [2.45, 2.75) is 12.5 Å². The van der Waals surface area contributed by atoms with Crippen molar-refractivity contribution in [3.8, 4) is 0 Å². The minimum Gasteiger partial charge on any atom is -0.390 e. The molecule has 1 rings (SSSR count). The van der Waals surface area contributed by atoms with E-state index in [1.54, 1.807) is 6.07 Å². The Morgan fingerprint density at radius 3 is 2.67 bits per heavy atom. The van der Waals surface area contributed by atoms with Crippen LogP contribution in [0.4, 0.5) is 13.2 Å². The van der Waals surface area contributed by atoms with Crippen LogP contribution in [0.15, 0.2) is 24.3 Å². The highest BCUT2D eigenvalue weighted by Crippen LogP contribution is 2.10. The zero-order chi connectivity index (χ0) is 11.3. The molecule has 0 saturated heterocycles. The lowest BCUT2D eigenvalue weighted by Crippen LogP contribution is -2.35. The maximum absolute atomic E-state index is 12.7. The zero-order valence-electron chi connectivity index (χ0n) is 8.01. The maximum Gasteiger partial charge on any atom is 0.282 e. The quantitative estimate of drug-likeness (QED) is 0.787. The van der Waals surface area contributed by atoms with Gasteiger partial charge in [0.1, 0.15) is 12.4 Å². The first kappa shape index (κ1) is 12.0. The van der Waals surface area contributed by atoms with Crippen LogP contribution in [-0.4, -0.2) is 24.2 Å². The van der Waals surface area contributed by atoms with E-state index in [1.807, 2.05) is 0 Å². The third-order valence-electron chi connectivity index (χ3n) is 1.83. The first-order valence-electron chi connectivity index (χ1n) is 4.47. The zero-order valence-corrected chi connectivity index (χ0v) is 8.01. The summed E-state index contributed by atoms with van der Waals surface area (Å²) in [6.07, 6.45) is 0. The summed E-state index contributed by atoms with van der Waals surface area (Å²) >= 11 is 0. The Bertz CT molecular complexity index is 317. The van der Waals surface area contributed by atoms with E-state index >= 15 is 0 Å². The van der Waals surface area contributed by atoms with Gasteiger partial charge in [-0.05, 0) is 17.7 Å². The normalized spacial score (nSPS) is 11.7. The molecule has 2 N–H and O–H groups in total. The molecule has 0 aliphatic rings. The molecule has 0 aromatic heterocycles. The molecule has 2 nitrogen and oxygen atoms in total. The van der Waals surface area contributed by atoms with Crippen LogP contribution in [0.2, 0.25) is 0 Å². The Kier molecular flexibility index (Phi) is 4.11. The van der Waals surface area contributed by atoms with Crippen LogP contribution in [0.25, 0.3) is 0 Å². The van der Waals surface area contributed by atoms with E-state index in [-0.39, 0.29) is 6.54 Å². The Morgan fingerprint density at radius 2 is 2.07 bits per heavy atom. The number of hydrogen-bond donors (Lipinski definition) is 2. The van der Waals surface area contributed by atoms with Gasteiger partial charge in [-0.1, -0.05) is 12.1 Å². The largest absolute Gasteiger partial charge is 0.390 e. The van der Waals surface area contributed by atoms with Gasteiger partial charge in [-0.2, -0.15) is 0 Å². The monoisotopic (exact) mass is 219 g/mol. The molecule has 0 spiro atoms. The number of rotatable bonds is 5. The van der Waals surface area contributed by atoms with Crippen molar-refractivity contribution in [3.63, 3.8) is 0 Å². The molecule has 0 bridgehead atoms. The van der Waals surface area contributed by atoms with Gasteiger partial charge in [0.15, 0.2) is 0 Å². The average molecular weight is 219 g/mol. The summed E-state index contributed by atoms with van der Waals surface area (Å²) in [7, 11) is 0. The van der Waals surface area contributed by atoms with Crippen LogP contribution >= 0.6 is 0 Å². The van der Waals surface area contributed by atoms with Crippen molar-refractivity contribution < 1.29 is 18.3 Å². The van der Waals surface area contributed by atoms with Gasteiger partial charge in [0.25, 0.3) is 5.92 Å². The van der Waals surface area contributed by atoms with E-state index in [0.717, 1.165) is 0 Å². The first-order chi connectivity index (χ1) is 7.03.